The van der Waals surface area contributed by atoms with E-state index < -0.39 is 5.56 Å². The number of amides is 1. The summed E-state index contributed by atoms with van der Waals surface area (Å²) in [7, 11) is 0. The molecule has 7 heteroatoms. The lowest BCUT2D eigenvalue weighted by atomic mass is 10.1. The van der Waals surface area contributed by atoms with E-state index in [9.17, 15) is 9.59 Å². The van der Waals surface area contributed by atoms with Crippen LogP contribution in [0.3, 0.4) is 0 Å². The Morgan fingerprint density at radius 1 is 1.62 bits per heavy atom. The summed E-state index contributed by atoms with van der Waals surface area (Å²) in [6.45, 7) is 0.517. The molecule has 0 bridgehead atoms. The highest BCUT2D eigenvalue weighted by atomic mass is 32.1. The third-order valence-electron chi connectivity index (χ3n) is 2.59. The lowest BCUT2D eigenvalue weighted by molar-refractivity contribution is -0.117. The van der Waals surface area contributed by atoms with Gasteiger partial charge >= 0.3 is 0 Å². The van der Waals surface area contributed by atoms with Crippen LogP contribution >= 0.6 is 12.6 Å². The number of aromatic nitrogens is 2. The van der Waals surface area contributed by atoms with Crippen LogP contribution in [-0.2, 0) is 4.79 Å². The van der Waals surface area contributed by atoms with Gasteiger partial charge in [0.05, 0.1) is 6.33 Å². The minimum absolute atomic E-state index is 0.0179. The van der Waals surface area contributed by atoms with Crippen molar-refractivity contribution >= 4 is 30.0 Å². The molecule has 1 unspecified atom stereocenters. The first-order chi connectivity index (χ1) is 7.63. The molecule has 6 nitrogen and oxygen atoms in total. The Bertz CT molecular complexity index is 473. The molecular formula is C9H12N4O2S. The Kier molecular flexibility index (Phi) is 2.86. The number of nitrogens with zero attached hydrogens (tertiary/aromatic N) is 2. The van der Waals surface area contributed by atoms with Crippen LogP contribution in [0.5, 0.6) is 0 Å². The number of anilines is 2. The average molecular weight is 240 g/mol. The summed E-state index contributed by atoms with van der Waals surface area (Å²) >= 11 is 4.16. The van der Waals surface area contributed by atoms with Crippen molar-refractivity contribution in [2.24, 2.45) is 5.92 Å². The number of hydrogen-bond acceptors (Lipinski definition) is 5. The number of nitrogens with one attached hydrogen (secondary N) is 1. The van der Waals surface area contributed by atoms with Crippen molar-refractivity contribution in [3.8, 4) is 0 Å². The second-order valence-corrected chi connectivity index (χ2v) is 4.09. The number of aromatic amines is 1. The summed E-state index contributed by atoms with van der Waals surface area (Å²) in [5.41, 5.74) is 5.15. The van der Waals surface area contributed by atoms with Crippen LogP contribution in [0.1, 0.15) is 6.42 Å². The summed E-state index contributed by atoms with van der Waals surface area (Å²) in [6, 6.07) is 0. The Morgan fingerprint density at radius 2 is 2.38 bits per heavy atom. The zero-order valence-corrected chi connectivity index (χ0v) is 9.41. The van der Waals surface area contributed by atoms with Crippen LogP contribution < -0.4 is 16.2 Å². The van der Waals surface area contributed by atoms with E-state index in [0.29, 0.717) is 18.7 Å². The molecule has 0 spiro atoms. The number of carbonyl (C=O) groups excluding carboxylic acids is 1. The molecule has 2 heterocycles. The summed E-state index contributed by atoms with van der Waals surface area (Å²) in [4.78, 5) is 30.7. The highest BCUT2D eigenvalue weighted by Gasteiger charge is 2.31. The molecule has 2 rings (SSSR count). The molecule has 0 radical (unpaired) electrons. The molecule has 16 heavy (non-hydrogen) atoms. The van der Waals surface area contributed by atoms with Crippen LogP contribution in [0.4, 0.5) is 11.5 Å². The van der Waals surface area contributed by atoms with Crippen molar-refractivity contribution in [3.05, 3.63) is 16.7 Å². The number of nitrogen functional groups attached to an aromatic ring is 1. The van der Waals surface area contributed by atoms with Crippen molar-refractivity contribution in [1.82, 2.24) is 9.97 Å². The average Bonchev–Trinajstić information content (AvgIpc) is 2.64. The fraction of sp³-hybridized carbons (Fsp3) is 0.444. The predicted molar refractivity (Wildman–Crippen MR) is 63.6 cm³/mol. The predicted octanol–water partition coefficient (Wildman–Crippen LogP) is -0.365. The van der Waals surface area contributed by atoms with E-state index in [1.54, 1.807) is 0 Å². The second-order valence-electron chi connectivity index (χ2n) is 3.73. The molecule has 1 amide bonds. The van der Waals surface area contributed by atoms with E-state index in [4.69, 9.17) is 5.73 Å². The summed E-state index contributed by atoms with van der Waals surface area (Å²) in [6.07, 6.45) is 1.67. The fourth-order valence-electron chi connectivity index (χ4n) is 1.72. The van der Waals surface area contributed by atoms with Crippen molar-refractivity contribution in [2.75, 3.05) is 22.9 Å². The van der Waals surface area contributed by atoms with Gasteiger partial charge in [-0.05, 0) is 11.7 Å². The molecule has 1 aliphatic rings. The van der Waals surface area contributed by atoms with Gasteiger partial charge in [0, 0.05) is 13.0 Å². The molecule has 0 aliphatic carbocycles. The fourth-order valence-corrected chi connectivity index (χ4v) is 1.97. The Hall–Kier alpha value is -1.50. The third-order valence-corrected chi connectivity index (χ3v) is 3.10. The molecule has 0 saturated carbocycles. The van der Waals surface area contributed by atoms with Crippen LogP contribution in [0.2, 0.25) is 0 Å². The van der Waals surface area contributed by atoms with E-state index in [1.807, 2.05) is 0 Å². The van der Waals surface area contributed by atoms with Gasteiger partial charge in [-0.3, -0.25) is 14.5 Å². The summed E-state index contributed by atoms with van der Waals surface area (Å²) in [5, 5.41) is 0. The molecule has 1 saturated heterocycles. The Labute approximate surface area is 97.3 Å². The zero-order valence-electron chi connectivity index (χ0n) is 8.51. The maximum absolute atomic E-state index is 11.7. The number of nitrogens with two attached hydrogens (primary N) is 1. The molecule has 1 fully saturated rings. The van der Waals surface area contributed by atoms with Gasteiger partial charge in [0.1, 0.15) is 5.69 Å². The second kappa shape index (κ2) is 4.17. The molecule has 86 valence electrons. The summed E-state index contributed by atoms with van der Waals surface area (Å²) < 4.78 is 0. The van der Waals surface area contributed by atoms with E-state index in [-0.39, 0.29) is 23.3 Å². The monoisotopic (exact) mass is 240 g/mol. The van der Waals surface area contributed by atoms with Gasteiger partial charge in [0.25, 0.3) is 5.56 Å². The number of thiol groups is 1. The molecule has 1 atom stereocenters. The normalized spacial score (nSPS) is 20.4. The summed E-state index contributed by atoms with van der Waals surface area (Å²) in [5.74, 6) is 1.00. The number of rotatable bonds is 2. The minimum atomic E-state index is -0.424. The third kappa shape index (κ3) is 1.78. The number of H-pyrrole nitrogens is 1. The highest BCUT2D eigenvalue weighted by molar-refractivity contribution is 7.80. The van der Waals surface area contributed by atoms with Crippen molar-refractivity contribution in [2.45, 2.75) is 6.42 Å². The Balaban J connectivity index is 2.35. The molecule has 1 aromatic heterocycles. The van der Waals surface area contributed by atoms with Gasteiger partial charge in [0.15, 0.2) is 5.82 Å². The molecule has 1 aliphatic heterocycles. The first-order valence-electron chi connectivity index (χ1n) is 4.88. The van der Waals surface area contributed by atoms with Gasteiger partial charge < -0.3 is 10.7 Å². The van der Waals surface area contributed by atoms with E-state index in [2.05, 4.69) is 22.6 Å². The molecular weight excluding hydrogens is 228 g/mol. The molecule has 3 N–H and O–H groups in total. The standard InChI is InChI=1S/C9H12N4O2S/c10-7-8(11-4-12-9(7)15)13-2-5(3-16)1-6(13)14/h4-5,16H,1-3,10H2,(H,11,12,15). The quantitative estimate of drug-likeness (QED) is 0.615. The molecule has 0 aromatic carbocycles. The van der Waals surface area contributed by atoms with Crippen LogP contribution in [0.15, 0.2) is 11.1 Å². The van der Waals surface area contributed by atoms with Crippen LogP contribution in [0, 0.1) is 5.92 Å². The number of hydrogen-bond donors (Lipinski definition) is 3. The first kappa shape index (κ1) is 11.0. The number of carbonyl (C=O) groups is 1. The SMILES string of the molecule is Nc1c(N2CC(CS)CC2=O)nc[nH]c1=O. The van der Waals surface area contributed by atoms with Crippen molar-refractivity contribution in [3.63, 3.8) is 0 Å². The van der Waals surface area contributed by atoms with Gasteiger partial charge in [-0.15, -0.1) is 0 Å². The van der Waals surface area contributed by atoms with Crippen molar-refractivity contribution < 1.29 is 4.79 Å². The first-order valence-corrected chi connectivity index (χ1v) is 5.51. The topological polar surface area (TPSA) is 92.1 Å². The van der Waals surface area contributed by atoms with Crippen molar-refractivity contribution in [1.29, 1.82) is 0 Å². The zero-order chi connectivity index (χ0) is 11.7. The van der Waals surface area contributed by atoms with Gasteiger partial charge in [-0.1, -0.05) is 0 Å². The maximum Gasteiger partial charge on any atom is 0.276 e. The Morgan fingerprint density at radius 3 is 3.00 bits per heavy atom. The lowest BCUT2D eigenvalue weighted by Gasteiger charge is -2.16. The highest BCUT2D eigenvalue weighted by Crippen LogP contribution is 2.25. The van der Waals surface area contributed by atoms with Crippen LogP contribution in [-0.4, -0.2) is 28.2 Å². The molecule has 1 aromatic rings. The van der Waals surface area contributed by atoms with Gasteiger partial charge in [-0.25, -0.2) is 4.98 Å². The van der Waals surface area contributed by atoms with Gasteiger partial charge in [0.2, 0.25) is 5.91 Å². The smallest absolute Gasteiger partial charge is 0.276 e. The lowest BCUT2D eigenvalue weighted by Crippen LogP contribution is -2.29. The van der Waals surface area contributed by atoms with Crippen LogP contribution in [0.25, 0.3) is 0 Å². The van der Waals surface area contributed by atoms with E-state index in [0.717, 1.165) is 0 Å². The van der Waals surface area contributed by atoms with Gasteiger partial charge in [-0.2, -0.15) is 12.6 Å². The minimum Gasteiger partial charge on any atom is -0.391 e. The van der Waals surface area contributed by atoms with E-state index >= 15 is 0 Å². The maximum atomic E-state index is 11.7. The van der Waals surface area contributed by atoms with E-state index in [1.165, 1.54) is 11.2 Å². The largest absolute Gasteiger partial charge is 0.391 e.